The molecule has 3 aromatic rings. The van der Waals surface area contributed by atoms with Gasteiger partial charge in [-0.25, -0.2) is 4.98 Å². The van der Waals surface area contributed by atoms with Crippen LogP contribution in [0.5, 0.6) is 0 Å². The fourth-order valence-corrected chi connectivity index (χ4v) is 2.79. The lowest BCUT2D eigenvalue weighted by Crippen LogP contribution is -2.23. The van der Waals surface area contributed by atoms with Crippen LogP contribution in [0.15, 0.2) is 73.2 Å². The van der Waals surface area contributed by atoms with Gasteiger partial charge in [-0.3, -0.25) is 4.79 Å². The summed E-state index contributed by atoms with van der Waals surface area (Å²) < 4.78 is 2.01. The second-order valence-electron chi connectivity index (χ2n) is 7.02. The quantitative estimate of drug-likeness (QED) is 0.703. The average molecular weight is 380 g/mol. The number of hydrogen-bond acceptors (Lipinski definition) is 3. The molecule has 0 fully saturated rings. The van der Waals surface area contributed by atoms with Gasteiger partial charge in [0.2, 0.25) is 5.91 Å². The molecule has 1 amide bonds. The second-order valence-corrected chi connectivity index (χ2v) is 7.02. The molecule has 1 N–H and O–H groups in total. The molecule has 2 heterocycles. The number of carbonyl (C=O) groups is 1. The number of rotatable bonds is 1. The number of aromatic nitrogens is 2. The van der Waals surface area contributed by atoms with Crippen molar-refractivity contribution in [1.82, 2.24) is 14.5 Å². The Labute approximate surface area is 167 Å². The van der Waals surface area contributed by atoms with E-state index < -0.39 is 5.60 Å². The summed E-state index contributed by atoms with van der Waals surface area (Å²) in [6, 6.07) is 20.0. The summed E-state index contributed by atoms with van der Waals surface area (Å²) in [5, 5.41) is 10.6. The molecule has 148 valence electrons. The number of benzene rings is 2. The number of amides is 1. The van der Waals surface area contributed by atoms with E-state index in [9.17, 15) is 9.90 Å². The highest BCUT2D eigenvalue weighted by Crippen LogP contribution is 2.37. The van der Waals surface area contributed by atoms with Gasteiger partial charge in [0.1, 0.15) is 5.60 Å². The van der Waals surface area contributed by atoms with Crippen molar-refractivity contribution in [2.24, 2.45) is 0 Å². The molecule has 1 aliphatic rings. The van der Waals surface area contributed by atoms with Gasteiger partial charge < -0.3 is 14.6 Å². The third-order valence-electron chi connectivity index (χ3n) is 4.67. The molecule has 0 aliphatic carbocycles. The standard InChI is InChI=1S/C12H12N2O.C7H8.C4H9NO/c15-12(10-4-2-1-3-5-10)6-7-14-9-13-8-11(12)14;1-7-5-3-2-4-6-7;1-4(6)5(2)3/h1-5,8-9,15H,6-7H2;2-6H,1H3;1-3H3. The van der Waals surface area contributed by atoms with E-state index in [1.165, 1.54) is 17.4 Å². The van der Waals surface area contributed by atoms with Gasteiger partial charge in [-0.1, -0.05) is 66.2 Å². The van der Waals surface area contributed by atoms with Crippen molar-refractivity contribution in [3.8, 4) is 0 Å². The molecule has 0 spiro atoms. The fraction of sp³-hybridized carbons (Fsp3) is 0.304. The Morgan fingerprint density at radius 1 is 1.07 bits per heavy atom. The number of aryl methyl sites for hydroxylation is 2. The Balaban J connectivity index is 0.000000181. The topological polar surface area (TPSA) is 58.4 Å². The van der Waals surface area contributed by atoms with E-state index in [0.29, 0.717) is 0 Å². The maximum absolute atomic E-state index is 10.6. The van der Waals surface area contributed by atoms with Gasteiger partial charge in [-0.05, 0) is 12.5 Å². The van der Waals surface area contributed by atoms with Gasteiger partial charge in [0.15, 0.2) is 0 Å². The van der Waals surface area contributed by atoms with Crippen LogP contribution in [0, 0.1) is 6.92 Å². The summed E-state index contributed by atoms with van der Waals surface area (Å²) >= 11 is 0. The Morgan fingerprint density at radius 2 is 1.61 bits per heavy atom. The molecule has 4 rings (SSSR count). The maximum Gasteiger partial charge on any atom is 0.218 e. The number of carbonyl (C=O) groups excluding carboxylic acids is 1. The largest absolute Gasteiger partial charge is 0.379 e. The molecule has 1 aromatic heterocycles. The Bertz CT molecular complexity index is 860. The van der Waals surface area contributed by atoms with E-state index in [-0.39, 0.29) is 5.91 Å². The number of nitrogens with zero attached hydrogens (tertiary/aromatic N) is 3. The molecular formula is C23H29N3O2. The van der Waals surface area contributed by atoms with E-state index in [1.807, 2.05) is 53.1 Å². The predicted molar refractivity (Wildman–Crippen MR) is 112 cm³/mol. The number of fused-ring (bicyclic) bond motifs is 1. The number of aliphatic hydroxyl groups is 1. The van der Waals surface area contributed by atoms with Gasteiger partial charge in [0.05, 0.1) is 18.2 Å². The fourth-order valence-electron chi connectivity index (χ4n) is 2.79. The monoisotopic (exact) mass is 379 g/mol. The molecule has 0 saturated carbocycles. The van der Waals surface area contributed by atoms with Crippen molar-refractivity contribution >= 4 is 5.91 Å². The van der Waals surface area contributed by atoms with Crippen LogP contribution in [0.1, 0.15) is 30.2 Å². The summed E-state index contributed by atoms with van der Waals surface area (Å²) in [6.45, 7) is 4.45. The van der Waals surface area contributed by atoms with Crippen LogP contribution in [-0.4, -0.2) is 39.6 Å². The van der Waals surface area contributed by atoms with Gasteiger partial charge in [0.25, 0.3) is 0 Å². The van der Waals surface area contributed by atoms with E-state index in [1.54, 1.807) is 26.6 Å². The van der Waals surface area contributed by atoms with Gasteiger partial charge in [-0.15, -0.1) is 0 Å². The number of imidazole rings is 1. The van der Waals surface area contributed by atoms with Crippen molar-refractivity contribution < 1.29 is 9.90 Å². The minimum Gasteiger partial charge on any atom is -0.379 e. The first-order valence-corrected chi connectivity index (χ1v) is 9.32. The minimum absolute atomic E-state index is 0.0926. The highest BCUT2D eigenvalue weighted by Gasteiger charge is 2.38. The van der Waals surface area contributed by atoms with E-state index >= 15 is 0 Å². The van der Waals surface area contributed by atoms with Gasteiger partial charge >= 0.3 is 0 Å². The first-order valence-electron chi connectivity index (χ1n) is 9.32. The molecule has 1 atom stereocenters. The molecule has 1 aliphatic heterocycles. The third kappa shape index (κ3) is 5.54. The first kappa shape index (κ1) is 21.4. The lowest BCUT2D eigenvalue weighted by Gasteiger charge is -2.22. The molecule has 28 heavy (non-hydrogen) atoms. The Kier molecular flexibility index (Phi) is 7.52. The van der Waals surface area contributed by atoms with E-state index in [0.717, 1.165) is 24.2 Å². The molecule has 0 radical (unpaired) electrons. The molecule has 0 bridgehead atoms. The molecular weight excluding hydrogens is 350 g/mol. The van der Waals surface area contributed by atoms with Crippen LogP contribution in [0.4, 0.5) is 0 Å². The summed E-state index contributed by atoms with van der Waals surface area (Å²) in [4.78, 5) is 15.7. The van der Waals surface area contributed by atoms with Gasteiger partial charge in [-0.2, -0.15) is 0 Å². The summed E-state index contributed by atoms with van der Waals surface area (Å²) in [6.07, 6.45) is 4.26. The predicted octanol–water partition coefficient (Wildman–Crippen LogP) is 3.61. The third-order valence-corrected chi connectivity index (χ3v) is 4.67. The Morgan fingerprint density at radius 3 is 2.07 bits per heavy atom. The second kappa shape index (κ2) is 9.85. The summed E-state index contributed by atoms with van der Waals surface area (Å²) in [7, 11) is 3.45. The highest BCUT2D eigenvalue weighted by molar-refractivity contribution is 5.72. The van der Waals surface area contributed by atoms with Crippen LogP contribution < -0.4 is 0 Å². The maximum atomic E-state index is 10.6. The van der Waals surface area contributed by atoms with Crippen LogP contribution in [-0.2, 0) is 16.9 Å². The zero-order valence-electron chi connectivity index (χ0n) is 17.0. The molecule has 5 nitrogen and oxygen atoms in total. The molecule has 5 heteroatoms. The smallest absolute Gasteiger partial charge is 0.218 e. The lowest BCUT2D eigenvalue weighted by molar-refractivity contribution is -0.126. The van der Waals surface area contributed by atoms with Crippen LogP contribution in [0.2, 0.25) is 0 Å². The van der Waals surface area contributed by atoms with Crippen molar-refractivity contribution in [3.63, 3.8) is 0 Å². The van der Waals surface area contributed by atoms with Crippen LogP contribution >= 0.6 is 0 Å². The SMILES string of the molecule is CC(=O)N(C)C.Cc1ccccc1.OC1(c2ccccc2)CCn2cncc21. The van der Waals surface area contributed by atoms with E-state index in [4.69, 9.17) is 0 Å². The normalized spacial score (nSPS) is 16.8. The summed E-state index contributed by atoms with van der Waals surface area (Å²) in [5.41, 5.74) is 2.32. The summed E-state index contributed by atoms with van der Waals surface area (Å²) in [5.74, 6) is 0.0926. The van der Waals surface area contributed by atoms with Crippen molar-refractivity contribution in [3.05, 3.63) is 90.0 Å². The highest BCUT2D eigenvalue weighted by atomic mass is 16.3. The van der Waals surface area contributed by atoms with Gasteiger partial charge in [0, 0.05) is 34.0 Å². The molecule has 2 aromatic carbocycles. The molecule has 1 unspecified atom stereocenters. The lowest BCUT2D eigenvalue weighted by atomic mass is 9.90. The van der Waals surface area contributed by atoms with Crippen molar-refractivity contribution in [2.45, 2.75) is 32.4 Å². The Hall–Kier alpha value is -2.92. The molecule has 0 saturated heterocycles. The zero-order chi connectivity index (χ0) is 20.6. The first-order chi connectivity index (χ1) is 13.3. The minimum atomic E-state index is -0.849. The van der Waals surface area contributed by atoms with E-state index in [2.05, 4.69) is 24.0 Å². The zero-order valence-corrected chi connectivity index (χ0v) is 17.0. The number of hydrogen-bond donors (Lipinski definition) is 1. The van der Waals surface area contributed by atoms with Crippen LogP contribution in [0.3, 0.4) is 0 Å². The van der Waals surface area contributed by atoms with Crippen molar-refractivity contribution in [2.75, 3.05) is 14.1 Å². The average Bonchev–Trinajstić information content (AvgIpc) is 3.29. The van der Waals surface area contributed by atoms with Crippen molar-refractivity contribution in [1.29, 1.82) is 0 Å². The van der Waals surface area contributed by atoms with Crippen LogP contribution in [0.25, 0.3) is 0 Å².